The molecule has 4 aromatic rings. The van der Waals surface area contributed by atoms with E-state index in [0.29, 0.717) is 17.3 Å². The molecule has 0 unspecified atom stereocenters. The molecule has 4 rings (SSSR count). The number of aryl methyl sites for hydroxylation is 1. The number of imidazole rings is 1. The number of carbonyl (C=O) groups is 1. The lowest BCUT2D eigenvalue weighted by Crippen LogP contribution is -2.20. The fourth-order valence-electron chi connectivity index (χ4n) is 3.02. The molecule has 0 aliphatic heterocycles. The van der Waals surface area contributed by atoms with Crippen molar-refractivity contribution in [1.29, 1.82) is 0 Å². The molecule has 2 heterocycles. The molecule has 0 radical (unpaired) electrons. The summed E-state index contributed by atoms with van der Waals surface area (Å²) in [6.07, 6.45) is -3.25. The number of nitrogens with zero attached hydrogens (tertiary/aromatic N) is 4. The van der Waals surface area contributed by atoms with E-state index >= 15 is 0 Å². The number of benzene rings is 2. The second-order valence-corrected chi connectivity index (χ2v) is 7.14. The molecule has 1 N–H and O–H groups in total. The van der Waals surface area contributed by atoms with Crippen LogP contribution < -0.4 is 14.8 Å². The van der Waals surface area contributed by atoms with Crippen molar-refractivity contribution in [3.63, 3.8) is 0 Å². The van der Waals surface area contributed by atoms with E-state index in [1.807, 2.05) is 18.4 Å². The lowest BCUT2D eigenvalue weighted by Gasteiger charge is -2.13. The Morgan fingerprint density at radius 3 is 2.32 bits per heavy atom. The Hall–Kier alpha value is -4.41. The van der Waals surface area contributed by atoms with Crippen LogP contribution in [0, 0.1) is 13.8 Å². The highest BCUT2D eigenvalue weighted by Gasteiger charge is 2.32. The first kappa shape index (κ1) is 22.8. The largest absolute Gasteiger partial charge is 0.573 e. The van der Waals surface area contributed by atoms with Gasteiger partial charge in [-0.05, 0) is 56.3 Å². The minimum absolute atomic E-state index is 0.251. The first-order valence-corrected chi connectivity index (χ1v) is 9.98. The fraction of sp³-hybridized carbons (Fsp3) is 0.130. The predicted molar refractivity (Wildman–Crippen MR) is 116 cm³/mol. The molecule has 0 atom stereocenters. The molecule has 0 aliphatic carbocycles. The van der Waals surface area contributed by atoms with Gasteiger partial charge in [0, 0.05) is 17.4 Å². The van der Waals surface area contributed by atoms with Gasteiger partial charge in [0.2, 0.25) is 5.88 Å². The van der Waals surface area contributed by atoms with Crippen molar-refractivity contribution < 1.29 is 27.4 Å². The third kappa shape index (κ3) is 5.31. The molecule has 0 spiro atoms. The monoisotopic (exact) mass is 469 g/mol. The highest BCUT2D eigenvalue weighted by Crippen LogP contribution is 2.27. The van der Waals surface area contributed by atoms with Crippen LogP contribution in [-0.2, 0) is 0 Å². The summed E-state index contributed by atoms with van der Waals surface area (Å²) in [7, 11) is 0. The van der Waals surface area contributed by atoms with Gasteiger partial charge in [-0.15, -0.1) is 23.4 Å². The molecule has 2 aromatic carbocycles. The van der Waals surface area contributed by atoms with Crippen LogP contribution in [-0.4, -0.2) is 32.0 Å². The Labute approximate surface area is 192 Å². The molecular formula is C23H18F3N5O3. The second kappa shape index (κ2) is 9.22. The summed E-state index contributed by atoms with van der Waals surface area (Å²) in [5, 5.41) is 10.7. The smallest absolute Gasteiger partial charge is 0.438 e. The van der Waals surface area contributed by atoms with Crippen LogP contribution in [0.3, 0.4) is 0 Å². The van der Waals surface area contributed by atoms with Crippen molar-refractivity contribution >= 4 is 11.6 Å². The fourth-order valence-corrected chi connectivity index (χ4v) is 3.02. The molecule has 1 amide bonds. The zero-order chi connectivity index (χ0) is 24.3. The maximum atomic E-state index is 12.6. The second-order valence-electron chi connectivity index (χ2n) is 7.14. The molecule has 2 aromatic heterocycles. The van der Waals surface area contributed by atoms with E-state index in [2.05, 4.69) is 25.2 Å². The number of ether oxygens (including phenoxy) is 2. The Morgan fingerprint density at radius 2 is 1.71 bits per heavy atom. The van der Waals surface area contributed by atoms with Gasteiger partial charge in [-0.2, -0.15) is 0 Å². The lowest BCUT2D eigenvalue weighted by atomic mass is 10.2. The standard InChI is InChI=1S/C23H18F3N5O3/c1-14-15(2)31(13-27-14)20-11-12-21(30-29-20)33-17-9-7-16(8-10-17)28-22(32)18-5-3-4-6-19(18)34-23(24,25)26/h3-13H,1-2H3,(H,28,32). The van der Waals surface area contributed by atoms with Gasteiger partial charge in [0.05, 0.1) is 11.3 Å². The number of aromatic nitrogens is 4. The SMILES string of the molecule is Cc1ncn(-c2ccc(Oc3ccc(NC(=O)c4ccccc4OC(F)(F)F)cc3)nn2)c1C. The average Bonchev–Trinajstić information content (AvgIpc) is 3.13. The van der Waals surface area contributed by atoms with E-state index in [1.165, 1.54) is 18.2 Å². The number of carbonyl (C=O) groups excluding carboxylic acids is 1. The van der Waals surface area contributed by atoms with E-state index in [4.69, 9.17) is 4.74 Å². The molecule has 8 nitrogen and oxygen atoms in total. The minimum atomic E-state index is -4.91. The van der Waals surface area contributed by atoms with Gasteiger partial charge < -0.3 is 14.8 Å². The number of rotatable bonds is 6. The summed E-state index contributed by atoms with van der Waals surface area (Å²) < 4.78 is 49.1. The molecule has 0 bridgehead atoms. The highest BCUT2D eigenvalue weighted by molar-refractivity contribution is 6.06. The molecule has 0 saturated heterocycles. The van der Waals surface area contributed by atoms with E-state index in [9.17, 15) is 18.0 Å². The third-order valence-electron chi connectivity index (χ3n) is 4.82. The summed E-state index contributed by atoms with van der Waals surface area (Å²) in [6.45, 7) is 3.83. The van der Waals surface area contributed by atoms with Crippen molar-refractivity contribution in [3.05, 3.63) is 83.9 Å². The maximum absolute atomic E-state index is 12.6. The number of hydrogen-bond acceptors (Lipinski definition) is 6. The molecule has 11 heteroatoms. The van der Waals surface area contributed by atoms with E-state index in [0.717, 1.165) is 17.5 Å². The number of para-hydroxylation sites is 1. The molecule has 174 valence electrons. The van der Waals surface area contributed by atoms with E-state index in [-0.39, 0.29) is 11.4 Å². The van der Waals surface area contributed by atoms with Crippen molar-refractivity contribution in [2.24, 2.45) is 0 Å². The Balaban J connectivity index is 1.41. The predicted octanol–water partition coefficient (Wildman–Crippen LogP) is 5.22. The van der Waals surface area contributed by atoms with Crippen LogP contribution in [0.4, 0.5) is 18.9 Å². The summed E-state index contributed by atoms with van der Waals surface area (Å²) in [5.41, 5.74) is 1.95. The normalized spacial score (nSPS) is 11.2. The maximum Gasteiger partial charge on any atom is 0.573 e. The molecular weight excluding hydrogens is 451 g/mol. The zero-order valence-electron chi connectivity index (χ0n) is 18.0. The van der Waals surface area contributed by atoms with Gasteiger partial charge >= 0.3 is 6.36 Å². The summed E-state index contributed by atoms with van der Waals surface area (Å²) >= 11 is 0. The van der Waals surface area contributed by atoms with Gasteiger partial charge in [0.1, 0.15) is 17.8 Å². The number of nitrogens with one attached hydrogen (secondary N) is 1. The molecule has 0 saturated carbocycles. The van der Waals surface area contributed by atoms with Crippen molar-refractivity contribution in [2.75, 3.05) is 5.32 Å². The number of hydrogen-bond donors (Lipinski definition) is 1. The lowest BCUT2D eigenvalue weighted by molar-refractivity contribution is -0.274. The number of anilines is 1. The average molecular weight is 469 g/mol. The quantitative estimate of drug-likeness (QED) is 0.416. The van der Waals surface area contributed by atoms with Crippen LogP contribution >= 0.6 is 0 Å². The highest BCUT2D eigenvalue weighted by atomic mass is 19.4. The third-order valence-corrected chi connectivity index (χ3v) is 4.82. The Kier molecular flexibility index (Phi) is 6.17. The van der Waals surface area contributed by atoms with Gasteiger partial charge in [-0.25, -0.2) is 4.98 Å². The van der Waals surface area contributed by atoms with E-state index in [1.54, 1.807) is 42.7 Å². The summed E-state index contributed by atoms with van der Waals surface area (Å²) in [4.78, 5) is 16.7. The topological polar surface area (TPSA) is 91.2 Å². The number of halogens is 3. The molecule has 0 aliphatic rings. The van der Waals surface area contributed by atoms with Crippen LogP contribution in [0.5, 0.6) is 17.4 Å². The Morgan fingerprint density at radius 1 is 0.971 bits per heavy atom. The van der Waals surface area contributed by atoms with E-state index < -0.39 is 18.0 Å². The van der Waals surface area contributed by atoms with Gasteiger partial charge in [0.15, 0.2) is 5.82 Å². The van der Waals surface area contributed by atoms with Crippen LogP contribution in [0.15, 0.2) is 67.0 Å². The first-order chi connectivity index (χ1) is 16.2. The summed E-state index contributed by atoms with van der Waals surface area (Å²) in [6, 6.07) is 14.7. The number of alkyl halides is 3. The first-order valence-electron chi connectivity index (χ1n) is 9.98. The van der Waals surface area contributed by atoms with Crippen LogP contribution in [0.25, 0.3) is 5.82 Å². The molecule has 0 fully saturated rings. The van der Waals surface area contributed by atoms with Crippen molar-refractivity contribution in [3.8, 4) is 23.2 Å². The summed E-state index contributed by atoms with van der Waals surface area (Å²) in [5.74, 6) is -0.0578. The van der Waals surface area contributed by atoms with Gasteiger partial charge in [-0.1, -0.05) is 12.1 Å². The van der Waals surface area contributed by atoms with Gasteiger partial charge in [-0.3, -0.25) is 9.36 Å². The number of amides is 1. The van der Waals surface area contributed by atoms with Crippen molar-refractivity contribution in [1.82, 2.24) is 19.7 Å². The van der Waals surface area contributed by atoms with Gasteiger partial charge in [0.25, 0.3) is 5.91 Å². The minimum Gasteiger partial charge on any atom is -0.438 e. The van der Waals surface area contributed by atoms with Crippen LogP contribution in [0.2, 0.25) is 0 Å². The van der Waals surface area contributed by atoms with Crippen molar-refractivity contribution in [2.45, 2.75) is 20.2 Å². The van der Waals surface area contributed by atoms with Crippen LogP contribution in [0.1, 0.15) is 21.7 Å². The zero-order valence-corrected chi connectivity index (χ0v) is 18.0. The molecule has 34 heavy (non-hydrogen) atoms. The Bertz CT molecular complexity index is 1300.